The Morgan fingerprint density at radius 2 is 1.92 bits per heavy atom. The highest BCUT2D eigenvalue weighted by molar-refractivity contribution is 5.93. The lowest BCUT2D eigenvalue weighted by molar-refractivity contribution is -0.143. The van der Waals surface area contributed by atoms with Gasteiger partial charge in [0, 0.05) is 12.6 Å². The van der Waals surface area contributed by atoms with Crippen LogP contribution in [0.25, 0.3) is 0 Å². The summed E-state index contributed by atoms with van der Waals surface area (Å²) in [5, 5.41) is 6.47. The minimum absolute atomic E-state index is 0.0894. The number of benzene rings is 1. The predicted octanol–water partition coefficient (Wildman–Crippen LogP) is 1.52. The van der Waals surface area contributed by atoms with Crippen molar-refractivity contribution in [1.82, 2.24) is 15.1 Å². The van der Waals surface area contributed by atoms with Crippen LogP contribution < -0.4 is 10.9 Å². The molecule has 7 nitrogen and oxygen atoms in total. The third-order valence-corrected chi connectivity index (χ3v) is 3.46. The van der Waals surface area contributed by atoms with Crippen LogP contribution in [-0.2, 0) is 22.7 Å². The van der Waals surface area contributed by atoms with E-state index in [-0.39, 0.29) is 24.4 Å². The van der Waals surface area contributed by atoms with Crippen molar-refractivity contribution >= 4 is 11.9 Å². The maximum absolute atomic E-state index is 12.1. The second-order valence-corrected chi connectivity index (χ2v) is 5.46. The molecule has 0 aliphatic carbocycles. The summed E-state index contributed by atoms with van der Waals surface area (Å²) in [7, 11) is 0. The maximum Gasteiger partial charge on any atom is 0.325 e. The smallest absolute Gasteiger partial charge is 0.325 e. The van der Waals surface area contributed by atoms with E-state index < -0.39 is 11.9 Å². The van der Waals surface area contributed by atoms with E-state index in [2.05, 4.69) is 10.4 Å². The molecule has 0 saturated carbocycles. The van der Waals surface area contributed by atoms with Crippen molar-refractivity contribution in [1.29, 1.82) is 0 Å². The number of nitrogens with zero attached hydrogens (tertiary/aromatic N) is 2. The zero-order valence-electron chi connectivity index (χ0n) is 14.1. The van der Waals surface area contributed by atoms with Crippen LogP contribution in [-0.4, -0.2) is 28.2 Å². The van der Waals surface area contributed by atoms with Gasteiger partial charge in [0.1, 0.15) is 18.8 Å². The summed E-state index contributed by atoms with van der Waals surface area (Å²) in [6.07, 6.45) is 1.71. The molecule has 1 aromatic carbocycles. The molecule has 1 aromatic heterocycles. The Kier molecular flexibility index (Phi) is 6.88. The maximum atomic E-state index is 12.1. The van der Waals surface area contributed by atoms with Crippen LogP contribution in [0, 0.1) is 0 Å². The Labute approximate surface area is 145 Å². The van der Waals surface area contributed by atoms with Crippen LogP contribution in [0.5, 0.6) is 0 Å². The van der Waals surface area contributed by atoms with Crippen LogP contribution in [0.1, 0.15) is 35.8 Å². The van der Waals surface area contributed by atoms with Crippen LogP contribution in [0.2, 0.25) is 0 Å². The molecule has 25 heavy (non-hydrogen) atoms. The van der Waals surface area contributed by atoms with Crippen molar-refractivity contribution in [2.75, 3.05) is 6.54 Å². The fourth-order valence-corrected chi connectivity index (χ4v) is 2.07. The summed E-state index contributed by atoms with van der Waals surface area (Å²) < 4.78 is 6.34. The second-order valence-electron chi connectivity index (χ2n) is 5.46. The van der Waals surface area contributed by atoms with Gasteiger partial charge in [0.2, 0.25) is 0 Å². The Morgan fingerprint density at radius 3 is 2.64 bits per heavy atom. The molecule has 0 fully saturated rings. The average molecular weight is 343 g/mol. The monoisotopic (exact) mass is 343 g/mol. The molecule has 0 saturated heterocycles. The fraction of sp³-hybridized carbons (Fsp3) is 0.333. The molecular weight excluding hydrogens is 322 g/mol. The zero-order valence-corrected chi connectivity index (χ0v) is 14.1. The highest BCUT2D eigenvalue weighted by Crippen LogP contribution is 2.00. The Morgan fingerprint density at radius 1 is 1.16 bits per heavy atom. The normalized spacial score (nSPS) is 10.3. The number of ether oxygens (including phenoxy) is 1. The van der Waals surface area contributed by atoms with E-state index in [1.54, 1.807) is 0 Å². The Bertz CT molecular complexity index is 771. The second kappa shape index (κ2) is 9.36. The van der Waals surface area contributed by atoms with Crippen LogP contribution in [0.15, 0.2) is 47.3 Å². The first kappa shape index (κ1) is 18.4. The van der Waals surface area contributed by atoms with Gasteiger partial charge < -0.3 is 10.1 Å². The van der Waals surface area contributed by atoms with Gasteiger partial charge in [-0.1, -0.05) is 43.7 Å². The molecule has 2 aromatic rings. The van der Waals surface area contributed by atoms with Gasteiger partial charge in [-0.25, -0.2) is 4.68 Å². The lowest BCUT2D eigenvalue weighted by Crippen LogP contribution is -2.33. The summed E-state index contributed by atoms with van der Waals surface area (Å²) in [4.78, 5) is 35.4. The van der Waals surface area contributed by atoms with Gasteiger partial charge in [-0.2, -0.15) is 5.10 Å². The third kappa shape index (κ3) is 5.87. The third-order valence-electron chi connectivity index (χ3n) is 3.46. The van der Waals surface area contributed by atoms with Crippen LogP contribution in [0.4, 0.5) is 0 Å². The molecule has 1 N–H and O–H groups in total. The number of nitrogens with one attached hydrogen (secondary N) is 1. The summed E-state index contributed by atoms with van der Waals surface area (Å²) in [6.45, 7) is 2.34. The number of hydrogen-bond donors (Lipinski definition) is 1. The van der Waals surface area contributed by atoms with Gasteiger partial charge in [0.15, 0.2) is 0 Å². The van der Waals surface area contributed by atoms with E-state index in [0.717, 1.165) is 18.4 Å². The van der Waals surface area contributed by atoms with Crippen molar-refractivity contribution in [2.45, 2.75) is 32.9 Å². The van der Waals surface area contributed by atoms with E-state index in [0.29, 0.717) is 6.54 Å². The molecule has 0 spiro atoms. The van der Waals surface area contributed by atoms with Gasteiger partial charge in [0.05, 0.1) is 0 Å². The molecule has 1 amide bonds. The predicted molar refractivity (Wildman–Crippen MR) is 92.0 cm³/mol. The standard InChI is InChI=1S/C18H21N3O4/c1-2-3-11-21-16(22)10-9-15(20-21)18(24)19-12-17(23)25-13-14-7-5-4-6-8-14/h4-10H,2-3,11-13H2,1H3,(H,19,24). The van der Waals surface area contributed by atoms with E-state index in [1.165, 1.54) is 16.8 Å². The topological polar surface area (TPSA) is 90.3 Å². The van der Waals surface area contributed by atoms with Crippen LogP contribution in [0.3, 0.4) is 0 Å². The quantitative estimate of drug-likeness (QED) is 0.734. The average Bonchev–Trinajstić information content (AvgIpc) is 2.64. The number of unbranched alkanes of at least 4 members (excludes halogenated alkanes) is 1. The number of rotatable bonds is 8. The summed E-state index contributed by atoms with van der Waals surface area (Å²) in [6, 6.07) is 11.9. The van der Waals surface area contributed by atoms with Gasteiger partial charge >= 0.3 is 5.97 Å². The van der Waals surface area contributed by atoms with Crippen molar-refractivity contribution in [3.63, 3.8) is 0 Å². The van der Waals surface area contributed by atoms with Crippen LogP contribution >= 0.6 is 0 Å². The summed E-state index contributed by atoms with van der Waals surface area (Å²) >= 11 is 0. The number of amides is 1. The Hall–Kier alpha value is -2.96. The number of esters is 1. The largest absolute Gasteiger partial charge is 0.460 e. The lowest BCUT2D eigenvalue weighted by Gasteiger charge is -2.08. The van der Waals surface area contributed by atoms with Gasteiger partial charge in [-0.15, -0.1) is 0 Å². The first-order chi connectivity index (χ1) is 12.1. The van der Waals surface area contributed by atoms with Crippen molar-refractivity contribution in [3.05, 3.63) is 64.1 Å². The highest BCUT2D eigenvalue weighted by Gasteiger charge is 2.12. The lowest BCUT2D eigenvalue weighted by atomic mass is 10.2. The molecule has 0 aliphatic rings. The molecule has 132 valence electrons. The van der Waals surface area contributed by atoms with Gasteiger partial charge in [-0.3, -0.25) is 14.4 Å². The number of carbonyl (C=O) groups is 2. The van der Waals surface area contributed by atoms with Gasteiger partial charge in [-0.05, 0) is 18.1 Å². The van der Waals surface area contributed by atoms with Gasteiger partial charge in [0.25, 0.3) is 11.5 Å². The van der Waals surface area contributed by atoms with E-state index in [4.69, 9.17) is 4.74 Å². The zero-order chi connectivity index (χ0) is 18.1. The number of hydrogen-bond acceptors (Lipinski definition) is 5. The molecule has 0 aliphatic heterocycles. The van der Waals surface area contributed by atoms with Crippen molar-refractivity contribution in [2.24, 2.45) is 0 Å². The molecule has 0 radical (unpaired) electrons. The van der Waals surface area contributed by atoms with Crippen molar-refractivity contribution in [3.8, 4) is 0 Å². The molecule has 2 rings (SSSR count). The minimum Gasteiger partial charge on any atom is -0.460 e. The molecular formula is C18H21N3O4. The fourth-order valence-electron chi connectivity index (χ4n) is 2.07. The van der Waals surface area contributed by atoms with E-state index >= 15 is 0 Å². The summed E-state index contributed by atoms with van der Waals surface area (Å²) in [5.74, 6) is -1.07. The first-order valence-electron chi connectivity index (χ1n) is 8.16. The number of aryl methyl sites for hydroxylation is 1. The Balaban J connectivity index is 1.85. The summed E-state index contributed by atoms with van der Waals surface area (Å²) in [5.41, 5.74) is 0.700. The molecule has 7 heteroatoms. The number of aromatic nitrogens is 2. The van der Waals surface area contributed by atoms with Crippen molar-refractivity contribution < 1.29 is 14.3 Å². The molecule has 1 heterocycles. The van der Waals surface area contributed by atoms with E-state index in [9.17, 15) is 14.4 Å². The molecule has 0 unspecified atom stereocenters. The molecule has 0 bridgehead atoms. The minimum atomic E-state index is -0.545. The first-order valence-corrected chi connectivity index (χ1v) is 8.16. The molecule has 0 atom stereocenters. The van der Waals surface area contributed by atoms with E-state index in [1.807, 2.05) is 37.3 Å². The SMILES string of the molecule is CCCCn1nc(C(=O)NCC(=O)OCc2ccccc2)ccc1=O. The number of carbonyl (C=O) groups excluding carboxylic acids is 2. The highest BCUT2D eigenvalue weighted by atomic mass is 16.5.